The van der Waals surface area contributed by atoms with Gasteiger partial charge in [0, 0.05) is 29.6 Å². The molecule has 1 fully saturated rings. The highest BCUT2D eigenvalue weighted by molar-refractivity contribution is 9.10. The zero-order chi connectivity index (χ0) is 12.5. The number of hydrogen-bond acceptors (Lipinski definition) is 2. The van der Waals surface area contributed by atoms with Crippen LogP contribution in [-0.2, 0) is 6.54 Å². The highest BCUT2D eigenvalue weighted by Gasteiger charge is 2.42. The summed E-state index contributed by atoms with van der Waals surface area (Å²) < 4.78 is 1.13. The normalized spacial score (nSPS) is 17.5. The molecular weight excluding hydrogens is 278 g/mol. The Morgan fingerprint density at radius 3 is 2.71 bits per heavy atom. The monoisotopic (exact) mass is 297 g/mol. The fourth-order valence-corrected chi connectivity index (χ4v) is 2.68. The van der Waals surface area contributed by atoms with Crippen molar-refractivity contribution in [2.75, 3.05) is 20.2 Å². The standard InChI is InChI=1S/C14H20BrNO/c1-11-3-4-13(15)7-12(11)8-16(2)9-14(10-17)5-6-14/h3-4,7,17H,5-6,8-10H2,1-2H3. The number of rotatable bonds is 5. The molecule has 0 bridgehead atoms. The summed E-state index contributed by atoms with van der Waals surface area (Å²) >= 11 is 3.52. The van der Waals surface area contributed by atoms with Crippen molar-refractivity contribution < 1.29 is 5.11 Å². The van der Waals surface area contributed by atoms with Crippen molar-refractivity contribution in [3.8, 4) is 0 Å². The molecule has 0 saturated heterocycles. The Labute approximate surface area is 112 Å². The van der Waals surface area contributed by atoms with Crippen molar-refractivity contribution in [1.82, 2.24) is 4.90 Å². The zero-order valence-electron chi connectivity index (χ0n) is 10.5. The Morgan fingerprint density at radius 1 is 1.41 bits per heavy atom. The van der Waals surface area contributed by atoms with E-state index in [1.807, 2.05) is 0 Å². The van der Waals surface area contributed by atoms with Crippen molar-refractivity contribution in [2.24, 2.45) is 5.41 Å². The maximum absolute atomic E-state index is 9.34. The molecule has 0 atom stereocenters. The first-order valence-corrected chi connectivity index (χ1v) is 6.88. The molecule has 0 spiro atoms. The van der Waals surface area contributed by atoms with Crippen LogP contribution in [0.5, 0.6) is 0 Å². The van der Waals surface area contributed by atoms with Crippen molar-refractivity contribution in [1.29, 1.82) is 0 Å². The van der Waals surface area contributed by atoms with Gasteiger partial charge in [0.15, 0.2) is 0 Å². The lowest BCUT2D eigenvalue weighted by Gasteiger charge is -2.23. The number of aliphatic hydroxyl groups is 1. The lowest BCUT2D eigenvalue weighted by atomic mass is 10.1. The molecule has 1 aliphatic rings. The number of hydrogen-bond donors (Lipinski definition) is 1. The van der Waals surface area contributed by atoms with Gasteiger partial charge in [0.05, 0.1) is 0 Å². The van der Waals surface area contributed by atoms with Gasteiger partial charge in [-0.2, -0.15) is 0 Å². The molecule has 1 aromatic carbocycles. The van der Waals surface area contributed by atoms with Crippen LogP contribution in [0, 0.1) is 12.3 Å². The first-order valence-electron chi connectivity index (χ1n) is 6.09. The van der Waals surface area contributed by atoms with E-state index in [1.54, 1.807) is 0 Å². The molecule has 0 unspecified atom stereocenters. The molecule has 0 radical (unpaired) electrons. The van der Waals surface area contributed by atoms with E-state index in [1.165, 1.54) is 24.0 Å². The van der Waals surface area contributed by atoms with Crippen LogP contribution in [0.15, 0.2) is 22.7 Å². The summed E-state index contributed by atoms with van der Waals surface area (Å²) in [6, 6.07) is 6.41. The molecule has 2 nitrogen and oxygen atoms in total. The summed E-state index contributed by atoms with van der Waals surface area (Å²) in [7, 11) is 2.13. The van der Waals surface area contributed by atoms with Gasteiger partial charge in [-0.05, 0) is 50.1 Å². The molecule has 0 heterocycles. The molecule has 1 aromatic rings. The highest BCUT2D eigenvalue weighted by Crippen LogP contribution is 2.45. The second-order valence-corrected chi connectivity index (χ2v) is 6.32. The molecule has 1 saturated carbocycles. The van der Waals surface area contributed by atoms with Gasteiger partial charge in [-0.15, -0.1) is 0 Å². The van der Waals surface area contributed by atoms with Gasteiger partial charge in [0.1, 0.15) is 0 Å². The largest absolute Gasteiger partial charge is 0.396 e. The fraction of sp³-hybridized carbons (Fsp3) is 0.571. The molecule has 1 N–H and O–H groups in total. The van der Waals surface area contributed by atoms with Crippen LogP contribution in [0.1, 0.15) is 24.0 Å². The van der Waals surface area contributed by atoms with Crippen molar-refractivity contribution in [3.05, 3.63) is 33.8 Å². The third kappa shape index (κ3) is 3.30. The molecule has 17 heavy (non-hydrogen) atoms. The topological polar surface area (TPSA) is 23.5 Å². The number of aryl methyl sites for hydroxylation is 1. The van der Waals surface area contributed by atoms with Crippen LogP contribution in [0.2, 0.25) is 0 Å². The minimum absolute atomic E-state index is 0.203. The minimum Gasteiger partial charge on any atom is -0.396 e. The molecule has 0 aromatic heterocycles. The Morgan fingerprint density at radius 2 is 2.12 bits per heavy atom. The van der Waals surface area contributed by atoms with Gasteiger partial charge in [0.25, 0.3) is 0 Å². The van der Waals surface area contributed by atoms with E-state index in [0.29, 0.717) is 6.61 Å². The number of benzene rings is 1. The minimum atomic E-state index is 0.203. The Bertz CT molecular complexity index is 401. The van der Waals surface area contributed by atoms with Crippen molar-refractivity contribution >= 4 is 15.9 Å². The average Bonchev–Trinajstić information content (AvgIpc) is 3.04. The molecule has 94 valence electrons. The van der Waals surface area contributed by atoms with Crippen LogP contribution in [0.3, 0.4) is 0 Å². The maximum atomic E-state index is 9.34. The lowest BCUT2D eigenvalue weighted by molar-refractivity contribution is 0.161. The van der Waals surface area contributed by atoms with Crippen molar-refractivity contribution in [2.45, 2.75) is 26.3 Å². The zero-order valence-corrected chi connectivity index (χ0v) is 12.1. The summed E-state index contributed by atoms with van der Waals surface area (Å²) in [5.74, 6) is 0. The van der Waals surface area contributed by atoms with E-state index < -0.39 is 0 Å². The summed E-state index contributed by atoms with van der Waals surface area (Å²) in [6.07, 6.45) is 2.34. The van der Waals surface area contributed by atoms with Gasteiger partial charge < -0.3 is 10.0 Å². The average molecular weight is 298 g/mol. The predicted molar refractivity (Wildman–Crippen MR) is 74.0 cm³/mol. The maximum Gasteiger partial charge on any atom is 0.0499 e. The van der Waals surface area contributed by atoms with Gasteiger partial charge in [0.2, 0.25) is 0 Å². The van der Waals surface area contributed by atoms with Crippen LogP contribution in [0.4, 0.5) is 0 Å². The summed E-state index contributed by atoms with van der Waals surface area (Å²) in [6.45, 7) is 4.42. The number of halogens is 1. The van der Waals surface area contributed by atoms with Crippen LogP contribution >= 0.6 is 15.9 Å². The molecule has 1 aliphatic carbocycles. The van der Waals surface area contributed by atoms with E-state index >= 15 is 0 Å². The SMILES string of the molecule is Cc1ccc(Br)cc1CN(C)CC1(CO)CC1. The van der Waals surface area contributed by atoms with E-state index in [4.69, 9.17) is 0 Å². The molecule has 2 rings (SSSR count). The van der Waals surface area contributed by atoms with Crippen LogP contribution < -0.4 is 0 Å². The molecule has 0 aliphatic heterocycles. The Kier molecular flexibility index (Phi) is 3.91. The summed E-state index contributed by atoms with van der Waals surface area (Å²) in [5, 5.41) is 9.34. The van der Waals surface area contributed by atoms with Gasteiger partial charge >= 0.3 is 0 Å². The molecule has 0 amide bonds. The van der Waals surface area contributed by atoms with E-state index in [9.17, 15) is 5.11 Å². The van der Waals surface area contributed by atoms with Crippen LogP contribution in [0.25, 0.3) is 0 Å². The van der Waals surface area contributed by atoms with Gasteiger partial charge in [-0.25, -0.2) is 0 Å². The van der Waals surface area contributed by atoms with E-state index in [-0.39, 0.29) is 5.41 Å². The highest BCUT2D eigenvalue weighted by atomic mass is 79.9. The molecular formula is C14H20BrNO. The smallest absolute Gasteiger partial charge is 0.0499 e. The van der Waals surface area contributed by atoms with Crippen molar-refractivity contribution in [3.63, 3.8) is 0 Å². The Hall–Kier alpha value is -0.380. The Balaban J connectivity index is 1.98. The predicted octanol–water partition coefficient (Wildman–Crippen LogP) is 2.96. The second kappa shape index (κ2) is 5.09. The summed E-state index contributed by atoms with van der Waals surface area (Å²) in [4.78, 5) is 2.32. The van der Waals surface area contributed by atoms with Crippen LogP contribution in [-0.4, -0.2) is 30.2 Å². The molecule has 3 heteroatoms. The van der Waals surface area contributed by atoms with Gasteiger partial charge in [-0.3, -0.25) is 0 Å². The quantitative estimate of drug-likeness (QED) is 0.903. The third-order valence-corrected chi connectivity index (χ3v) is 4.14. The first kappa shape index (κ1) is 13.1. The van der Waals surface area contributed by atoms with E-state index in [0.717, 1.165) is 17.6 Å². The van der Waals surface area contributed by atoms with E-state index in [2.05, 4.69) is 53.0 Å². The fourth-order valence-electron chi connectivity index (χ4n) is 2.27. The third-order valence-electron chi connectivity index (χ3n) is 3.65. The first-order chi connectivity index (χ1) is 8.04. The summed E-state index contributed by atoms with van der Waals surface area (Å²) in [5.41, 5.74) is 2.89. The lowest BCUT2D eigenvalue weighted by Crippen LogP contribution is -2.28. The second-order valence-electron chi connectivity index (χ2n) is 5.40. The number of nitrogens with zero attached hydrogens (tertiary/aromatic N) is 1. The number of aliphatic hydroxyl groups excluding tert-OH is 1. The van der Waals surface area contributed by atoms with Gasteiger partial charge in [-0.1, -0.05) is 22.0 Å².